The molecule has 1 aliphatic rings. The van der Waals surface area contributed by atoms with Crippen LogP contribution in [0.3, 0.4) is 0 Å². The lowest BCUT2D eigenvalue weighted by atomic mass is 10.1. The second-order valence-electron chi connectivity index (χ2n) is 2.87. The molecule has 0 radical (unpaired) electrons. The molecule has 0 saturated heterocycles. The summed E-state index contributed by atoms with van der Waals surface area (Å²) < 4.78 is 0. The van der Waals surface area contributed by atoms with Gasteiger partial charge in [0.25, 0.3) is 0 Å². The van der Waals surface area contributed by atoms with E-state index in [9.17, 15) is 0 Å². The van der Waals surface area contributed by atoms with Crippen LogP contribution >= 0.6 is 0 Å². The van der Waals surface area contributed by atoms with Crippen LogP contribution in [-0.2, 0) is 0 Å². The van der Waals surface area contributed by atoms with Crippen LogP contribution in [-0.4, -0.2) is 11.7 Å². The first kappa shape index (κ1) is 7.55. The van der Waals surface area contributed by atoms with Crippen LogP contribution in [0.4, 0.5) is 0 Å². The first-order chi connectivity index (χ1) is 4.83. The van der Waals surface area contributed by atoms with Gasteiger partial charge in [0.2, 0.25) is 0 Å². The molecule has 0 bridgehead atoms. The van der Waals surface area contributed by atoms with E-state index >= 15 is 0 Å². The number of rotatable bonds is 1. The fourth-order valence-corrected chi connectivity index (χ4v) is 1.06. The van der Waals surface area contributed by atoms with E-state index in [0.29, 0.717) is 5.92 Å². The van der Waals surface area contributed by atoms with Crippen LogP contribution in [0.25, 0.3) is 0 Å². The smallest absolute Gasteiger partial charge is 0.0528 e. The third-order valence-electron chi connectivity index (χ3n) is 1.79. The van der Waals surface area contributed by atoms with Gasteiger partial charge >= 0.3 is 0 Å². The molecule has 0 spiro atoms. The predicted octanol–water partition coefficient (Wildman–Crippen LogP) is 1.75. The highest BCUT2D eigenvalue weighted by Gasteiger charge is 2.02. The number of aliphatic hydroxyl groups is 1. The van der Waals surface area contributed by atoms with Gasteiger partial charge in [-0.1, -0.05) is 31.2 Å². The van der Waals surface area contributed by atoms with Gasteiger partial charge in [-0.25, -0.2) is 0 Å². The molecule has 56 valence electrons. The first-order valence-corrected chi connectivity index (χ1v) is 3.78. The monoisotopic (exact) mass is 138 g/mol. The lowest BCUT2D eigenvalue weighted by Gasteiger charge is -1.98. The van der Waals surface area contributed by atoms with Gasteiger partial charge in [-0.15, -0.1) is 0 Å². The molecule has 1 aliphatic carbocycles. The summed E-state index contributed by atoms with van der Waals surface area (Å²) in [4.78, 5) is 0. The summed E-state index contributed by atoms with van der Waals surface area (Å²) in [5, 5.41) is 8.80. The Kier molecular flexibility index (Phi) is 2.69. The Hall–Kier alpha value is -0.560. The average molecular weight is 138 g/mol. The van der Waals surface area contributed by atoms with E-state index in [4.69, 9.17) is 5.11 Å². The van der Waals surface area contributed by atoms with E-state index in [2.05, 4.69) is 31.2 Å². The third-order valence-corrected chi connectivity index (χ3v) is 1.79. The van der Waals surface area contributed by atoms with Crippen molar-refractivity contribution in [2.75, 3.05) is 6.61 Å². The summed E-state index contributed by atoms with van der Waals surface area (Å²) in [6, 6.07) is 0. The van der Waals surface area contributed by atoms with Crippen LogP contribution in [0.15, 0.2) is 24.3 Å². The molecule has 0 aromatic heterocycles. The Bertz CT molecular complexity index is 147. The molecule has 2 atom stereocenters. The van der Waals surface area contributed by atoms with Gasteiger partial charge in [-0.05, 0) is 12.3 Å². The van der Waals surface area contributed by atoms with Crippen LogP contribution in [0, 0.1) is 11.8 Å². The molecule has 0 fully saturated rings. The van der Waals surface area contributed by atoms with Gasteiger partial charge in [-0.3, -0.25) is 0 Å². The topological polar surface area (TPSA) is 20.2 Å². The highest BCUT2D eigenvalue weighted by molar-refractivity contribution is 5.06. The Morgan fingerprint density at radius 2 is 2.20 bits per heavy atom. The number of hydrogen-bond acceptors (Lipinski definition) is 1. The van der Waals surface area contributed by atoms with Gasteiger partial charge in [0.15, 0.2) is 0 Å². The maximum absolute atomic E-state index is 8.80. The van der Waals surface area contributed by atoms with Crippen LogP contribution in [0.2, 0.25) is 0 Å². The van der Waals surface area contributed by atoms with Crippen molar-refractivity contribution in [2.45, 2.75) is 13.3 Å². The second-order valence-corrected chi connectivity index (χ2v) is 2.87. The number of hydrogen-bond donors (Lipinski definition) is 1. The van der Waals surface area contributed by atoms with Gasteiger partial charge in [0, 0.05) is 5.92 Å². The molecule has 1 heteroatoms. The normalized spacial score (nSPS) is 32.2. The van der Waals surface area contributed by atoms with E-state index in [0.717, 1.165) is 6.42 Å². The van der Waals surface area contributed by atoms with E-state index in [1.165, 1.54) is 0 Å². The van der Waals surface area contributed by atoms with Crippen molar-refractivity contribution >= 4 is 0 Å². The standard InChI is InChI=1S/C9H14O/c1-8-3-2-4-9(7-10)6-5-8/h2,4-6,8-10H,3,7H2,1H3/t8-,9+/m0/s1. The fourth-order valence-electron chi connectivity index (χ4n) is 1.06. The van der Waals surface area contributed by atoms with Crippen LogP contribution in [0.1, 0.15) is 13.3 Å². The van der Waals surface area contributed by atoms with Gasteiger partial charge in [0.1, 0.15) is 0 Å². The molecule has 0 aromatic rings. The van der Waals surface area contributed by atoms with Crippen molar-refractivity contribution in [3.8, 4) is 0 Å². The summed E-state index contributed by atoms with van der Waals surface area (Å²) in [7, 11) is 0. The number of aliphatic hydroxyl groups excluding tert-OH is 1. The maximum atomic E-state index is 8.80. The molecule has 0 aliphatic heterocycles. The molecule has 0 aromatic carbocycles. The molecule has 0 saturated carbocycles. The largest absolute Gasteiger partial charge is 0.395 e. The highest BCUT2D eigenvalue weighted by Crippen LogP contribution is 2.13. The second kappa shape index (κ2) is 3.57. The van der Waals surface area contributed by atoms with Crippen molar-refractivity contribution in [3.05, 3.63) is 24.3 Å². The van der Waals surface area contributed by atoms with Gasteiger partial charge in [0.05, 0.1) is 6.61 Å². The molecular weight excluding hydrogens is 124 g/mol. The Labute approximate surface area is 62.1 Å². The SMILES string of the molecule is C[C@@H]1C=C[C@H](CO)C=CC1. The third kappa shape index (κ3) is 1.99. The summed E-state index contributed by atoms with van der Waals surface area (Å²) >= 11 is 0. The van der Waals surface area contributed by atoms with Crippen molar-refractivity contribution in [3.63, 3.8) is 0 Å². The minimum absolute atomic E-state index is 0.236. The Balaban J connectivity index is 2.55. The molecule has 1 nitrogen and oxygen atoms in total. The van der Waals surface area contributed by atoms with Gasteiger partial charge < -0.3 is 5.11 Å². The van der Waals surface area contributed by atoms with E-state index in [1.807, 2.05) is 0 Å². The fraction of sp³-hybridized carbons (Fsp3) is 0.556. The Morgan fingerprint density at radius 1 is 1.40 bits per heavy atom. The average Bonchev–Trinajstić information content (AvgIpc) is 2.14. The minimum Gasteiger partial charge on any atom is -0.395 e. The molecule has 1 rings (SSSR count). The van der Waals surface area contributed by atoms with Crippen molar-refractivity contribution < 1.29 is 5.11 Å². The van der Waals surface area contributed by atoms with E-state index < -0.39 is 0 Å². The van der Waals surface area contributed by atoms with Crippen LogP contribution in [0.5, 0.6) is 0 Å². The van der Waals surface area contributed by atoms with Crippen molar-refractivity contribution in [1.29, 1.82) is 0 Å². The predicted molar refractivity (Wildman–Crippen MR) is 42.6 cm³/mol. The lowest BCUT2D eigenvalue weighted by molar-refractivity contribution is 0.274. The van der Waals surface area contributed by atoms with Crippen LogP contribution < -0.4 is 0 Å². The molecule has 10 heavy (non-hydrogen) atoms. The molecular formula is C9H14O. The van der Waals surface area contributed by atoms with Gasteiger partial charge in [-0.2, -0.15) is 0 Å². The zero-order chi connectivity index (χ0) is 7.40. The molecule has 0 unspecified atom stereocenters. The summed E-state index contributed by atoms with van der Waals surface area (Å²) in [6.45, 7) is 2.42. The Morgan fingerprint density at radius 3 is 2.90 bits per heavy atom. The summed E-state index contributed by atoms with van der Waals surface area (Å²) in [6.07, 6.45) is 9.56. The minimum atomic E-state index is 0.236. The van der Waals surface area contributed by atoms with E-state index in [1.54, 1.807) is 0 Å². The quantitative estimate of drug-likeness (QED) is 0.547. The summed E-state index contributed by atoms with van der Waals surface area (Å²) in [5.74, 6) is 0.887. The van der Waals surface area contributed by atoms with Crippen molar-refractivity contribution in [2.24, 2.45) is 11.8 Å². The molecule has 0 amide bonds. The lowest BCUT2D eigenvalue weighted by Crippen LogP contribution is -1.96. The maximum Gasteiger partial charge on any atom is 0.0528 e. The zero-order valence-electron chi connectivity index (χ0n) is 6.33. The first-order valence-electron chi connectivity index (χ1n) is 3.78. The van der Waals surface area contributed by atoms with Crippen molar-refractivity contribution in [1.82, 2.24) is 0 Å². The number of allylic oxidation sites excluding steroid dienone is 2. The molecule has 0 heterocycles. The molecule has 1 N–H and O–H groups in total. The summed E-state index contributed by atoms with van der Waals surface area (Å²) in [5.41, 5.74) is 0. The zero-order valence-corrected chi connectivity index (χ0v) is 6.33. The highest BCUT2D eigenvalue weighted by atomic mass is 16.3. The van der Waals surface area contributed by atoms with E-state index in [-0.39, 0.29) is 12.5 Å².